The normalized spacial score (nSPS) is 12.0. The maximum absolute atomic E-state index is 13.8. The zero-order valence-corrected chi connectivity index (χ0v) is 40.6. The Morgan fingerprint density at radius 2 is 1.38 bits per heavy atom. The smallest absolute Gasteiger partial charge is 0.363 e. The van der Waals surface area contributed by atoms with Gasteiger partial charge < -0.3 is 48.9 Å². The van der Waals surface area contributed by atoms with E-state index >= 15 is 0 Å². The Balaban J connectivity index is 1.79. The van der Waals surface area contributed by atoms with Crippen molar-refractivity contribution in [2.24, 2.45) is 5.92 Å². The van der Waals surface area contributed by atoms with Crippen molar-refractivity contribution in [1.82, 2.24) is 21.0 Å². The molecule has 3 N–H and O–H groups in total. The number of hydroxylamine groups is 2. The molecule has 0 saturated heterocycles. The topological polar surface area (TPSA) is 244 Å². The van der Waals surface area contributed by atoms with Crippen LogP contribution < -0.4 is 25.4 Å². The van der Waals surface area contributed by atoms with Gasteiger partial charge in [-0.25, -0.2) is 14.4 Å². The van der Waals surface area contributed by atoms with Gasteiger partial charge in [0, 0.05) is 5.56 Å². The van der Waals surface area contributed by atoms with E-state index in [2.05, 4.69) is 16.0 Å². The summed E-state index contributed by atoms with van der Waals surface area (Å²) in [6.45, 7) is 9.07. The Kier molecular flexibility index (Phi) is 25.5. The maximum atomic E-state index is 13.8. The highest BCUT2D eigenvalue weighted by Crippen LogP contribution is 2.30. The highest BCUT2D eigenvalue weighted by Gasteiger charge is 2.34. The average molecular weight is 965 g/mol. The first-order valence-electron chi connectivity index (χ1n) is 23.7. The third-order valence-corrected chi connectivity index (χ3v) is 10.7. The standard InChI is InChI=1S/C50H68N4O15/c1-7-12-16-17-37(40(11-5)54(33-55)69-49(61)34-18-21-36(63-6)22-19-34)46(58)51-32-52-48(60)42-25-24-41(68-42)35-20-23-38(43(29-35)67-31-45(57)65-27-14-9-3)47(59)53-39(50(62)66-28-15-10-4)30-44(56)64-26-13-8-2/h18-25,29,33,37,39-40H,7-17,26-28,30-32H2,1-6H3,(H,51,58)(H,52,60)(H,53,59)/t37-,39+,40-/m1/s1. The number of carbonyl (C=O) groups excluding carboxylic acids is 8. The van der Waals surface area contributed by atoms with Crippen LogP contribution in [-0.2, 0) is 43.0 Å². The molecular formula is C50H68N4O15. The van der Waals surface area contributed by atoms with Gasteiger partial charge in [0.25, 0.3) is 11.8 Å². The Morgan fingerprint density at radius 3 is 2.00 bits per heavy atom. The van der Waals surface area contributed by atoms with Crippen molar-refractivity contribution in [2.75, 3.05) is 40.2 Å². The second kappa shape index (κ2) is 31.2. The predicted molar refractivity (Wildman–Crippen MR) is 252 cm³/mol. The van der Waals surface area contributed by atoms with Crippen molar-refractivity contribution in [3.05, 3.63) is 71.5 Å². The van der Waals surface area contributed by atoms with Crippen molar-refractivity contribution in [2.45, 2.75) is 124 Å². The number of unbranched alkanes of at least 4 members (excludes halogenated alkanes) is 5. The Labute approximate surface area is 403 Å². The van der Waals surface area contributed by atoms with Gasteiger partial charge in [-0.3, -0.25) is 24.0 Å². The Bertz CT molecular complexity index is 2120. The molecule has 378 valence electrons. The van der Waals surface area contributed by atoms with Gasteiger partial charge in [0.15, 0.2) is 12.4 Å². The molecule has 2 aromatic carbocycles. The summed E-state index contributed by atoms with van der Waals surface area (Å²) >= 11 is 0. The van der Waals surface area contributed by atoms with Gasteiger partial charge in [-0.15, -0.1) is 0 Å². The van der Waals surface area contributed by atoms with Crippen molar-refractivity contribution in [3.63, 3.8) is 0 Å². The van der Waals surface area contributed by atoms with Crippen molar-refractivity contribution < 1.29 is 71.3 Å². The van der Waals surface area contributed by atoms with E-state index in [9.17, 15) is 38.4 Å². The first-order chi connectivity index (χ1) is 33.3. The van der Waals surface area contributed by atoms with Crippen LogP contribution in [0.4, 0.5) is 0 Å². The molecule has 0 aliphatic rings. The summed E-state index contributed by atoms with van der Waals surface area (Å²) in [6, 6.07) is 11.1. The lowest BCUT2D eigenvalue weighted by Crippen LogP contribution is -2.49. The van der Waals surface area contributed by atoms with E-state index < -0.39 is 72.6 Å². The number of benzene rings is 2. The van der Waals surface area contributed by atoms with Crippen LogP contribution in [0, 0.1) is 5.92 Å². The van der Waals surface area contributed by atoms with E-state index in [1.54, 1.807) is 19.1 Å². The summed E-state index contributed by atoms with van der Waals surface area (Å²) in [7, 11) is 1.49. The number of rotatable bonds is 33. The fourth-order valence-corrected chi connectivity index (χ4v) is 6.74. The molecule has 0 spiro atoms. The third kappa shape index (κ3) is 18.9. The third-order valence-electron chi connectivity index (χ3n) is 10.7. The molecule has 0 radical (unpaired) electrons. The minimum atomic E-state index is -1.40. The first-order valence-corrected chi connectivity index (χ1v) is 23.7. The van der Waals surface area contributed by atoms with Crippen molar-refractivity contribution >= 4 is 48.0 Å². The molecule has 1 aromatic heterocycles. The summed E-state index contributed by atoms with van der Waals surface area (Å²) < 4.78 is 32.6. The largest absolute Gasteiger partial charge is 0.497 e. The molecule has 0 aliphatic heterocycles. The highest BCUT2D eigenvalue weighted by atomic mass is 16.7. The molecule has 3 atom stereocenters. The van der Waals surface area contributed by atoms with Gasteiger partial charge in [-0.05, 0) is 80.6 Å². The van der Waals surface area contributed by atoms with Gasteiger partial charge in [-0.1, -0.05) is 79.2 Å². The molecule has 1 heterocycles. The van der Waals surface area contributed by atoms with Crippen LogP contribution >= 0.6 is 0 Å². The minimum absolute atomic E-state index is 0.0843. The van der Waals surface area contributed by atoms with E-state index in [4.69, 9.17) is 32.9 Å². The molecule has 0 aliphatic carbocycles. The number of furan rings is 1. The molecule has 19 heteroatoms. The second-order valence-corrected chi connectivity index (χ2v) is 15.9. The second-order valence-electron chi connectivity index (χ2n) is 15.9. The van der Waals surface area contributed by atoms with Gasteiger partial charge in [0.2, 0.25) is 12.3 Å². The van der Waals surface area contributed by atoms with E-state index in [0.717, 1.165) is 37.2 Å². The van der Waals surface area contributed by atoms with Gasteiger partial charge in [0.1, 0.15) is 23.3 Å². The highest BCUT2D eigenvalue weighted by molar-refractivity contribution is 6.00. The number of hydrogen-bond acceptors (Lipinski definition) is 15. The number of nitrogens with zero attached hydrogens (tertiary/aromatic N) is 1. The van der Waals surface area contributed by atoms with Crippen molar-refractivity contribution in [1.29, 1.82) is 0 Å². The van der Waals surface area contributed by atoms with Gasteiger partial charge in [0.05, 0.1) is 63.1 Å². The van der Waals surface area contributed by atoms with Crippen LogP contribution in [0.2, 0.25) is 0 Å². The average Bonchev–Trinajstić information content (AvgIpc) is 3.86. The van der Waals surface area contributed by atoms with Gasteiger partial charge in [-0.2, -0.15) is 5.06 Å². The monoisotopic (exact) mass is 964 g/mol. The van der Waals surface area contributed by atoms with Crippen LogP contribution in [0.3, 0.4) is 0 Å². The van der Waals surface area contributed by atoms with Crippen LogP contribution in [0.15, 0.2) is 59.0 Å². The molecule has 69 heavy (non-hydrogen) atoms. The first kappa shape index (κ1) is 56.4. The lowest BCUT2D eigenvalue weighted by Gasteiger charge is -2.31. The molecule has 0 bridgehead atoms. The summed E-state index contributed by atoms with van der Waals surface area (Å²) in [4.78, 5) is 110. The fourth-order valence-electron chi connectivity index (χ4n) is 6.74. The molecule has 0 fully saturated rings. The molecule has 3 rings (SSSR count). The van der Waals surface area contributed by atoms with E-state index in [-0.39, 0.29) is 61.3 Å². The van der Waals surface area contributed by atoms with E-state index in [0.29, 0.717) is 49.8 Å². The minimum Gasteiger partial charge on any atom is -0.497 e. The van der Waals surface area contributed by atoms with Crippen LogP contribution in [0.25, 0.3) is 11.3 Å². The maximum Gasteiger partial charge on any atom is 0.363 e. The lowest BCUT2D eigenvalue weighted by atomic mass is 9.90. The molecular weight excluding hydrogens is 897 g/mol. The number of carbonyl (C=O) groups is 8. The Hall–Kier alpha value is -6.92. The number of esters is 3. The number of nitrogens with one attached hydrogen (secondary N) is 3. The summed E-state index contributed by atoms with van der Waals surface area (Å²) in [5.74, 6) is -5.35. The van der Waals surface area contributed by atoms with Crippen LogP contribution in [-0.4, -0.2) is 105 Å². The summed E-state index contributed by atoms with van der Waals surface area (Å²) in [6.07, 6.45) is 7.00. The van der Waals surface area contributed by atoms with Crippen molar-refractivity contribution in [3.8, 4) is 22.8 Å². The fraction of sp³-hybridized carbons (Fsp3) is 0.520. The van der Waals surface area contributed by atoms with Crippen LogP contribution in [0.5, 0.6) is 11.5 Å². The molecule has 3 aromatic rings. The molecule has 0 unspecified atom stereocenters. The quantitative estimate of drug-likeness (QED) is 0.0141. The summed E-state index contributed by atoms with van der Waals surface area (Å²) in [5, 5.41) is 8.71. The predicted octanol–water partition coefficient (Wildman–Crippen LogP) is 6.86. The van der Waals surface area contributed by atoms with Crippen LogP contribution in [0.1, 0.15) is 143 Å². The molecule has 0 saturated carbocycles. The summed E-state index contributed by atoms with van der Waals surface area (Å²) in [5.41, 5.74) is 0.402. The van der Waals surface area contributed by atoms with E-state index in [1.165, 1.54) is 49.6 Å². The molecule has 4 amide bonds. The number of methoxy groups -OCH3 is 1. The SMILES string of the molecule is CCCCC[C@@H](C(=O)NCNC(=O)c1ccc(-c2ccc(C(=O)N[C@@H](CC(=O)OCCCC)C(=O)OCCCC)c(OCC(=O)OCCCC)c2)o1)[C@@H](CC)N(C=O)OC(=O)c1ccc(OC)cc1. The molecule has 19 nitrogen and oxygen atoms in total. The van der Waals surface area contributed by atoms with Gasteiger partial charge >= 0.3 is 23.9 Å². The zero-order chi connectivity index (χ0) is 50.6. The number of ether oxygens (including phenoxy) is 5. The Morgan fingerprint density at radius 1 is 0.725 bits per heavy atom. The lowest BCUT2D eigenvalue weighted by molar-refractivity contribution is -0.171. The number of amides is 4. The number of hydrogen-bond donors (Lipinski definition) is 3. The zero-order valence-electron chi connectivity index (χ0n) is 40.6. The van der Waals surface area contributed by atoms with E-state index in [1.807, 2.05) is 27.7 Å².